The molecule has 0 fully saturated rings. The molecule has 0 saturated heterocycles. The first-order valence-corrected chi connectivity index (χ1v) is 11.2. The standard InChI is InChI=1S/C21H24N4O7.C3H4F2O2/c1-11(19(27)25-15(20(28)29)7-9-17(22)26)10-14-6-8-16(31-14)21(30)32-13-4-2-12(3-5-13)18(23)24;1-3(4,5)2(6)7/h2-6,8,11,15H,7,9-10H2,1H3,(H2,22,26)(H3,23,24)(H,25,27)(H,28,29);1H3,(H,6,7)/t11?,15-;/m0./s1. The number of primary amides is 1. The monoisotopic (exact) mass is 554 g/mol. The SMILES string of the molecule is CC(Cc1ccc(C(=O)Oc2ccc(C(=N)N)cc2)o1)C(=O)N[C@@H](CCC(N)=O)C(=O)O.CC(F)(F)C(=O)O. The number of carbonyl (C=O) groups is 5. The molecule has 212 valence electrons. The summed E-state index contributed by atoms with van der Waals surface area (Å²) < 4.78 is 33.1. The van der Waals surface area contributed by atoms with Gasteiger partial charge < -0.3 is 36.2 Å². The number of furan rings is 1. The van der Waals surface area contributed by atoms with Gasteiger partial charge in [-0.05, 0) is 42.8 Å². The largest absolute Gasteiger partial charge is 0.480 e. The molecule has 1 heterocycles. The van der Waals surface area contributed by atoms with Crippen LogP contribution in [0.15, 0.2) is 40.8 Å². The number of hydrogen-bond donors (Lipinski definition) is 6. The number of nitrogen functional groups attached to an aromatic ring is 1. The predicted octanol–water partition coefficient (Wildman–Crippen LogP) is 1.52. The highest BCUT2D eigenvalue weighted by molar-refractivity contribution is 5.95. The van der Waals surface area contributed by atoms with Crippen molar-refractivity contribution >= 4 is 35.6 Å². The molecule has 0 aliphatic carbocycles. The molecular weight excluding hydrogens is 526 g/mol. The Morgan fingerprint density at radius 3 is 2.10 bits per heavy atom. The first kappa shape index (κ1) is 32.2. The fourth-order valence-corrected chi connectivity index (χ4v) is 2.71. The van der Waals surface area contributed by atoms with Crippen LogP contribution in [0, 0.1) is 11.3 Å². The van der Waals surface area contributed by atoms with Crippen LogP contribution in [-0.2, 0) is 25.6 Å². The molecule has 39 heavy (non-hydrogen) atoms. The van der Waals surface area contributed by atoms with Crippen LogP contribution in [0.25, 0.3) is 0 Å². The van der Waals surface area contributed by atoms with Gasteiger partial charge in [-0.2, -0.15) is 8.78 Å². The molecule has 0 aliphatic heterocycles. The van der Waals surface area contributed by atoms with Gasteiger partial charge in [-0.25, -0.2) is 14.4 Å². The van der Waals surface area contributed by atoms with Crippen molar-refractivity contribution in [2.45, 2.75) is 45.1 Å². The summed E-state index contributed by atoms with van der Waals surface area (Å²) in [5.41, 5.74) is 10.9. The maximum Gasteiger partial charge on any atom is 0.379 e. The van der Waals surface area contributed by atoms with E-state index in [9.17, 15) is 37.9 Å². The second kappa shape index (κ2) is 14.2. The van der Waals surface area contributed by atoms with Crippen molar-refractivity contribution in [3.63, 3.8) is 0 Å². The van der Waals surface area contributed by atoms with Gasteiger partial charge in [-0.3, -0.25) is 15.0 Å². The third-order valence-corrected chi connectivity index (χ3v) is 4.86. The van der Waals surface area contributed by atoms with E-state index in [2.05, 4.69) is 5.32 Å². The van der Waals surface area contributed by atoms with E-state index < -0.39 is 47.6 Å². The highest BCUT2D eigenvalue weighted by atomic mass is 19.3. The maximum absolute atomic E-state index is 12.3. The summed E-state index contributed by atoms with van der Waals surface area (Å²) in [6.45, 7) is 1.90. The second-order valence-corrected chi connectivity index (χ2v) is 8.30. The fourth-order valence-electron chi connectivity index (χ4n) is 2.71. The van der Waals surface area contributed by atoms with Crippen molar-refractivity contribution in [1.29, 1.82) is 5.41 Å². The fraction of sp³-hybridized carbons (Fsp3) is 0.333. The van der Waals surface area contributed by atoms with Crippen LogP contribution >= 0.6 is 0 Å². The number of ether oxygens (including phenoxy) is 1. The molecule has 1 aromatic carbocycles. The number of nitrogens with one attached hydrogen (secondary N) is 2. The molecule has 0 saturated carbocycles. The number of alkyl halides is 2. The van der Waals surface area contributed by atoms with Crippen LogP contribution in [0.1, 0.15) is 48.6 Å². The van der Waals surface area contributed by atoms with Gasteiger partial charge in [0.15, 0.2) is 0 Å². The van der Waals surface area contributed by atoms with Gasteiger partial charge in [0.05, 0.1) is 0 Å². The van der Waals surface area contributed by atoms with Crippen molar-refractivity contribution < 1.29 is 52.1 Å². The van der Waals surface area contributed by atoms with Gasteiger partial charge in [-0.15, -0.1) is 0 Å². The Bertz CT molecular complexity index is 1210. The van der Waals surface area contributed by atoms with Crippen LogP contribution in [0.3, 0.4) is 0 Å². The van der Waals surface area contributed by atoms with E-state index in [0.29, 0.717) is 18.2 Å². The number of esters is 1. The number of benzene rings is 1. The molecule has 8 N–H and O–H groups in total. The van der Waals surface area contributed by atoms with Gasteiger partial charge in [0.25, 0.3) is 0 Å². The number of hydrogen-bond acceptors (Lipinski definition) is 8. The minimum absolute atomic E-state index is 0.0758. The van der Waals surface area contributed by atoms with E-state index in [0.717, 1.165) is 0 Å². The quantitative estimate of drug-likeness (QED) is 0.0957. The van der Waals surface area contributed by atoms with Gasteiger partial charge in [0.1, 0.15) is 23.4 Å². The van der Waals surface area contributed by atoms with Crippen LogP contribution < -0.4 is 21.5 Å². The Morgan fingerprint density at radius 1 is 1.08 bits per heavy atom. The number of halogens is 2. The summed E-state index contributed by atoms with van der Waals surface area (Å²) in [5.74, 6) is -9.19. The molecule has 0 bridgehead atoms. The number of carbonyl (C=O) groups excluding carboxylic acids is 3. The van der Waals surface area contributed by atoms with Crippen LogP contribution in [0.5, 0.6) is 5.75 Å². The Morgan fingerprint density at radius 2 is 1.64 bits per heavy atom. The zero-order chi connectivity index (χ0) is 29.9. The van der Waals surface area contributed by atoms with Gasteiger partial charge in [0, 0.05) is 31.2 Å². The molecule has 0 spiro atoms. The van der Waals surface area contributed by atoms with E-state index in [4.69, 9.17) is 31.1 Å². The summed E-state index contributed by atoms with van der Waals surface area (Å²) in [6, 6.07) is 7.72. The first-order chi connectivity index (χ1) is 18.0. The molecule has 2 aromatic rings. The lowest BCUT2D eigenvalue weighted by molar-refractivity contribution is -0.162. The van der Waals surface area contributed by atoms with Crippen molar-refractivity contribution in [2.24, 2.45) is 17.4 Å². The van der Waals surface area contributed by atoms with Gasteiger partial charge >= 0.3 is 23.8 Å². The third-order valence-electron chi connectivity index (χ3n) is 4.86. The summed E-state index contributed by atoms with van der Waals surface area (Å²) in [7, 11) is 0. The third kappa shape index (κ3) is 11.4. The topological polar surface area (TPSA) is 236 Å². The first-order valence-electron chi connectivity index (χ1n) is 11.2. The summed E-state index contributed by atoms with van der Waals surface area (Å²) in [4.78, 5) is 55.9. The minimum Gasteiger partial charge on any atom is -0.480 e. The lowest BCUT2D eigenvalue weighted by atomic mass is 10.0. The van der Waals surface area contributed by atoms with E-state index in [1.54, 1.807) is 6.92 Å². The average molecular weight is 555 g/mol. The van der Waals surface area contributed by atoms with E-state index in [-0.39, 0.29) is 36.6 Å². The molecule has 1 unspecified atom stereocenters. The number of carboxylic acid groups (broad SMARTS) is 2. The van der Waals surface area contributed by atoms with E-state index in [1.165, 1.54) is 36.4 Å². The molecule has 15 heteroatoms. The predicted molar refractivity (Wildman–Crippen MR) is 130 cm³/mol. The number of nitrogens with two attached hydrogens (primary N) is 2. The smallest absolute Gasteiger partial charge is 0.379 e. The number of amides is 2. The van der Waals surface area contributed by atoms with Crippen molar-refractivity contribution in [3.05, 3.63) is 53.5 Å². The van der Waals surface area contributed by atoms with Crippen molar-refractivity contribution in [1.82, 2.24) is 5.32 Å². The number of carboxylic acids is 2. The number of aliphatic carboxylic acids is 2. The van der Waals surface area contributed by atoms with E-state index in [1.807, 2.05) is 0 Å². The Hall–Kier alpha value is -4.82. The van der Waals surface area contributed by atoms with Crippen molar-refractivity contribution in [2.75, 3.05) is 0 Å². The Labute approximate surface area is 220 Å². The molecule has 2 amide bonds. The van der Waals surface area contributed by atoms with Crippen LogP contribution in [0.2, 0.25) is 0 Å². The van der Waals surface area contributed by atoms with Gasteiger partial charge in [-0.1, -0.05) is 6.92 Å². The summed E-state index contributed by atoms with van der Waals surface area (Å²) in [5, 5.41) is 26.4. The zero-order valence-electron chi connectivity index (χ0n) is 20.9. The van der Waals surface area contributed by atoms with Gasteiger partial charge in [0.2, 0.25) is 17.6 Å². The van der Waals surface area contributed by atoms with Crippen LogP contribution in [0.4, 0.5) is 8.78 Å². The zero-order valence-corrected chi connectivity index (χ0v) is 20.9. The van der Waals surface area contributed by atoms with E-state index >= 15 is 0 Å². The molecule has 2 rings (SSSR count). The molecule has 0 radical (unpaired) electrons. The summed E-state index contributed by atoms with van der Waals surface area (Å²) in [6.07, 6.45) is -0.186. The normalized spacial score (nSPS) is 12.2. The molecule has 13 nitrogen and oxygen atoms in total. The number of rotatable bonds is 12. The average Bonchev–Trinajstić information content (AvgIpc) is 3.30. The summed E-state index contributed by atoms with van der Waals surface area (Å²) >= 11 is 0. The highest BCUT2D eigenvalue weighted by Gasteiger charge is 2.31. The molecule has 2 atom stereocenters. The minimum atomic E-state index is -3.58. The lowest BCUT2D eigenvalue weighted by Crippen LogP contribution is -2.44. The second-order valence-electron chi connectivity index (χ2n) is 8.30. The highest BCUT2D eigenvalue weighted by Crippen LogP contribution is 2.18. The lowest BCUT2D eigenvalue weighted by Gasteiger charge is -2.16. The molecule has 1 aromatic heterocycles. The van der Waals surface area contributed by atoms with Crippen LogP contribution in [-0.4, -0.2) is 57.7 Å². The van der Waals surface area contributed by atoms with Crippen molar-refractivity contribution in [3.8, 4) is 5.75 Å². The number of amidine groups is 1. The molecule has 0 aliphatic rings. The Kier molecular flexibility index (Phi) is 11.7. The maximum atomic E-state index is 12.3. The Balaban J connectivity index is 0.000000956. The molecular formula is C24H28F2N4O9.